The Balaban J connectivity index is 1.70. The lowest BCUT2D eigenvalue weighted by Gasteiger charge is -2.15. The second kappa shape index (κ2) is 8.52. The molecule has 0 saturated heterocycles. The number of hydrazine groups is 1. The van der Waals surface area contributed by atoms with Gasteiger partial charge in [-0.15, -0.1) is 0 Å². The van der Waals surface area contributed by atoms with Gasteiger partial charge in [-0.3, -0.25) is 20.4 Å². The minimum Gasteiger partial charge on any atom is -0.484 e. The van der Waals surface area contributed by atoms with E-state index in [1.54, 1.807) is 31.2 Å². The Labute approximate surface area is 138 Å². The molecule has 2 aromatic rings. The van der Waals surface area contributed by atoms with Gasteiger partial charge in [0.25, 0.3) is 11.8 Å². The minimum absolute atomic E-state index is 0.320. The average Bonchev–Trinajstić information content (AvgIpc) is 2.60. The molecular formula is C17H17FN2O4. The van der Waals surface area contributed by atoms with Gasteiger partial charge in [0.1, 0.15) is 17.3 Å². The van der Waals surface area contributed by atoms with Gasteiger partial charge < -0.3 is 9.47 Å². The first-order valence-corrected chi connectivity index (χ1v) is 7.23. The first-order valence-electron chi connectivity index (χ1n) is 7.23. The summed E-state index contributed by atoms with van der Waals surface area (Å²) in [5, 5.41) is 0. The molecule has 6 nitrogen and oxygen atoms in total. The molecule has 0 aliphatic carbocycles. The molecule has 0 fully saturated rings. The predicted octanol–water partition coefficient (Wildman–Crippen LogP) is 1.82. The van der Waals surface area contributed by atoms with Gasteiger partial charge in [-0.25, -0.2) is 4.39 Å². The number of hydrogen-bond donors (Lipinski definition) is 2. The maximum absolute atomic E-state index is 12.7. The molecule has 1 unspecified atom stereocenters. The number of hydrogen-bond acceptors (Lipinski definition) is 4. The van der Waals surface area contributed by atoms with Crippen molar-refractivity contribution in [3.8, 4) is 11.5 Å². The number of nitrogens with one attached hydrogen (secondary N) is 2. The third-order valence-electron chi connectivity index (χ3n) is 2.93. The molecule has 0 aliphatic heterocycles. The molecule has 0 saturated carbocycles. The summed E-state index contributed by atoms with van der Waals surface area (Å²) in [6, 6.07) is 14.1. The van der Waals surface area contributed by atoms with Crippen LogP contribution in [0, 0.1) is 5.82 Å². The summed E-state index contributed by atoms with van der Waals surface area (Å²) in [7, 11) is 0. The second-order valence-electron chi connectivity index (χ2n) is 4.85. The van der Waals surface area contributed by atoms with Crippen LogP contribution in [0.5, 0.6) is 11.5 Å². The van der Waals surface area contributed by atoms with Crippen molar-refractivity contribution in [2.75, 3.05) is 6.61 Å². The molecule has 126 valence electrons. The zero-order valence-electron chi connectivity index (χ0n) is 13.0. The van der Waals surface area contributed by atoms with Gasteiger partial charge in [0.2, 0.25) is 0 Å². The van der Waals surface area contributed by atoms with Crippen molar-refractivity contribution in [3.05, 3.63) is 60.4 Å². The fourth-order valence-electron chi connectivity index (χ4n) is 1.71. The Morgan fingerprint density at radius 3 is 2.33 bits per heavy atom. The summed E-state index contributed by atoms with van der Waals surface area (Å²) in [5.74, 6) is -0.565. The quantitative estimate of drug-likeness (QED) is 0.791. The van der Waals surface area contributed by atoms with E-state index in [0.717, 1.165) is 0 Å². The number of para-hydroxylation sites is 1. The van der Waals surface area contributed by atoms with E-state index in [-0.39, 0.29) is 6.61 Å². The molecule has 2 N–H and O–H groups in total. The maximum atomic E-state index is 12.7. The van der Waals surface area contributed by atoms with Crippen LogP contribution in [0.25, 0.3) is 0 Å². The third kappa shape index (κ3) is 5.60. The highest BCUT2D eigenvalue weighted by Gasteiger charge is 2.15. The van der Waals surface area contributed by atoms with Crippen LogP contribution in [0.2, 0.25) is 0 Å². The Bertz CT molecular complexity index is 677. The number of benzene rings is 2. The smallest absolute Gasteiger partial charge is 0.279 e. The zero-order valence-corrected chi connectivity index (χ0v) is 13.0. The van der Waals surface area contributed by atoms with Gasteiger partial charge >= 0.3 is 0 Å². The maximum Gasteiger partial charge on any atom is 0.279 e. The van der Waals surface area contributed by atoms with E-state index in [0.29, 0.717) is 11.5 Å². The van der Waals surface area contributed by atoms with E-state index in [9.17, 15) is 14.0 Å². The van der Waals surface area contributed by atoms with Gasteiger partial charge in [-0.1, -0.05) is 18.2 Å². The fraction of sp³-hybridized carbons (Fsp3) is 0.176. The van der Waals surface area contributed by atoms with Crippen molar-refractivity contribution in [2.24, 2.45) is 0 Å². The molecule has 7 heteroatoms. The lowest BCUT2D eigenvalue weighted by molar-refractivity contribution is -0.133. The van der Waals surface area contributed by atoms with E-state index in [4.69, 9.17) is 9.47 Å². The lowest BCUT2D eigenvalue weighted by Crippen LogP contribution is -2.48. The highest BCUT2D eigenvalue weighted by Crippen LogP contribution is 2.11. The molecule has 0 bridgehead atoms. The molecule has 2 rings (SSSR count). The van der Waals surface area contributed by atoms with Crippen LogP contribution in [-0.4, -0.2) is 24.5 Å². The van der Waals surface area contributed by atoms with Crippen molar-refractivity contribution >= 4 is 11.8 Å². The number of carbonyl (C=O) groups excluding carboxylic acids is 2. The number of rotatable bonds is 6. The van der Waals surface area contributed by atoms with Crippen LogP contribution < -0.4 is 20.3 Å². The Morgan fingerprint density at radius 1 is 1.00 bits per heavy atom. The topological polar surface area (TPSA) is 76.7 Å². The van der Waals surface area contributed by atoms with Crippen molar-refractivity contribution < 1.29 is 23.5 Å². The number of carbonyl (C=O) groups is 2. The fourth-order valence-corrected chi connectivity index (χ4v) is 1.71. The normalized spacial score (nSPS) is 11.2. The Hall–Kier alpha value is -3.09. The summed E-state index contributed by atoms with van der Waals surface area (Å²) in [6.45, 7) is 1.24. The molecule has 0 aliphatic rings. The number of ether oxygens (including phenoxy) is 2. The van der Waals surface area contributed by atoms with Gasteiger partial charge in [-0.2, -0.15) is 0 Å². The predicted molar refractivity (Wildman–Crippen MR) is 84.7 cm³/mol. The van der Waals surface area contributed by atoms with Gasteiger partial charge in [0.05, 0.1) is 0 Å². The molecule has 0 radical (unpaired) electrons. The molecule has 24 heavy (non-hydrogen) atoms. The highest BCUT2D eigenvalue weighted by atomic mass is 19.1. The van der Waals surface area contributed by atoms with E-state index in [2.05, 4.69) is 10.9 Å². The molecule has 2 aromatic carbocycles. The van der Waals surface area contributed by atoms with Crippen molar-refractivity contribution in [1.29, 1.82) is 0 Å². The third-order valence-corrected chi connectivity index (χ3v) is 2.93. The zero-order chi connectivity index (χ0) is 17.4. The number of halogens is 1. The molecule has 0 spiro atoms. The van der Waals surface area contributed by atoms with Crippen LogP contribution >= 0.6 is 0 Å². The number of amides is 2. The molecule has 0 heterocycles. The van der Waals surface area contributed by atoms with Gasteiger partial charge in [0.15, 0.2) is 12.7 Å². The van der Waals surface area contributed by atoms with Crippen LogP contribution in [0.4, 0.5) is 4.39 Å². The summed E-state index contributed by atoms with van der Waals surface area (Å²) < 4.78 is 23.3. The van der Waals surface area contributed by atoms with E-state index >= 15 is 0 Å². The monoisotopic (exact) mass is 332 g/mol. The second-order valence-corrected chi connectivity index (χ2v) is 4.85. The van der Waals surface area contributed by atoms with E-state index in [1.165, 1.54) is 24.3 Å². The van der Waals surface area contributed by atoms with Crippen LogP contribution in [-0.2, 0) is 9.59 Å². The van der Waals surface area contributed by atoms with Gasteiger partial charge in [0, 0.05) is 0 Å². The molecule has 0 aromatic heterocycles. The standard InChI is InChI=1S/C17H17FN2O4/c1-12(24-15-5-3-2-4-6-15)17(22)20-19-16(21)11-23-14-9-7-13(18)8-10-14/h2-10,12H,11H2,1H3,(H,19,21)(H,20,22). The largest absolute Gasteiger partial charge is 0.484 e. The van der Waals surface area contributed by atoms with Crippen LogP contribution in [0.1, 0.15) is 6.92 Å². The lowest BCUT2D eigenvalue weighted by atomic mass is 10.3. The molecule has 1 atom stereocenters. The summed E-state index contributed by atoms with van der Waals surface area (Å²) in [5.41, 5.74) is 4.46. The SMILES string of the molecule is CC(Oc1ccccc1)C(=O)NNC(=O)COc1ccc(F)cc1. The van der Waals surface area contributed by atoms with Crippen molar-refractivity contribution in [1.82, 2.24) is 10.9 Å². The molecular weight excluding hydrogens is 315 g/mol. The first kappa shape index (κ1) is 17.3. The van der Waals surface area contributed by atoms with Crippen LogP contribution in [0.15, 0.2) is 54.6 Å². The average molecular weight is 332 g/mol. The van der Waals surface area contributed by atoms with E-state index < -0.39 is 23.7 Å². The Morgan fingerprint density at radius 2 is 1.67 bits per heavy atom. The van der Waals surface area contributed by atoms with Gasteiger partial charge in [-0.05, 0) is 43.3 Å². The summed E-state index contributed by atoms with van der Waals surface area (Å²) >= 11 is 0. The van der Waals surface area contributed by atoms with Crippen molar-refractivity contribution in [3.63, 3.8) is 0 Å². The first-order chi connectivity index (χ1) is 11.5. The van der Waals surface area contributed by atoms with Crippen LogP contribution in [0.3, 0.4) is 0 Å². The van der Waals surface area contributed by atoms with Crippen molar-refractivity contribution in [2.45, 2.75) is 13.0 Å². The Kier molecular flexibility index (Phi) is 6.13. The highest BCUT2D eigenvalue weighted by molar-refractivity contribution is 5.85. The minimum atomic E-state index is -0.786. The summed E-state index contributed by atoms with van der Waals surface area (Å²) in [4.78, 5) is 23.4. The summed E-state index contributed by atoms with van der Waals surface area (Å²) in [6.07, 6.45) is -0.786. The molecule has 2 amide bonds. The van der Waals surface area contributed by atoms with E-state index in [1.807, 2.05) is 6.07 Å².